The second-order valence-electron chi connectivity index (χ2n) is 20.3. The van der Waals surface area contributed by atoms with Gasteiger partial charge in [0, 0.05) is 85.7 Å². The van der Waals surface area contributed by atoms with Crippen molar-refractivity contribution in [3.05, 3.63) is 101 Å². The van der Waals surface area contributed by atoms with Crippen molar-refractivity contribution in [2.45, 2.75) is 118 Å². The lowest BCUT2D eigenvalue weighted by molar-refractivity contribution is -0.147. The molecule has 4 amide bonds. The molecule has 2 heterocycles. The number of anilines is 1. The first kappa shape index (κ1) is 48.7. The molecular weight excluding hydrogens is 791 g/mol. The Balaban J connectivity index is 1.22. The van der Waals surface area contributed by atoms with E-state index in [0.717, 1.165) is 40.8 Å². The molecule has 340 valence electrons. The zero-order valence-electron chi connectivity index (χ0n) is 39.5. The lowest BCUT2D eigenvalue weighted by Crippen LogP contribution is -2.48. The average molecular weight is 862 g/mol. The van der Waals surface area contributed by atoms with Gasteiger partial charge in [0.05, 0.1) is 23.9 Å². The van der Waals surface area contributed by atoms with E-state index in [1.54, 1.807) is 38.0 Å². The van der Waals surface area contributed by atoms with Crippen LogP contribution in [0.2, 0.25) is 0 Å². The predicted octanol–water partition coefficient (Wildman–Crippen LogP) is 7.38. The van der Waals surface area contributed by atoms with Crippen molar-refractivity contribution in [1.82, 2.24) is 19.6 Å². The SMILES string of the molecule is CN(C)C(=O)C[C@H](C(=O)N1CCC[C@H]1C(=O)Cc1ccc(CN(Cc2ccc(CC(=O)[C@@H]3CCCN3C(=O)[C@@H](CC(=O)N(C)C)C(C)(C)C)cc2)c2ccccc2)cc1)C(C)(C)C. The quantitative estimate of drug-likeness (QED) is 0.139. The number of nitrogens with zero attached hydrogens (tertiary/aromatic N) is 5. The molecule has 2 aliphatic heterocycles. The molecule has 5 rings (SSSR count). The number of hydrogen-bond donors (Lipinski definition) is 0. The topological polar surface area (TPSA) is 119 Å². The zero-order valence-corrected chi connectivity index (χ0v) is 39.5. The van der Waals surface area contributed by atoms with Gasteiger partial charge in [-0.15, -0.1) is 0 Å². The molecule has 2 fully saturated rings. The first-order valence-electron chi connectivity index (χ1n) is 22.7. The fourth-order valence-electron chi connectivity index (χ4n) is 8.85. The number of carbonyl (C=O) groups excluding carboxylic acids is 6. The molecular formula is C52H71N5O6. The third-order valence-electron chi connectivity index (χ3n) is 12.9. The molecule has 2 aliphatic rings. The van der Waals surface area contributed by atoms with E-state index in [2.05, 4.69) is 41.3 Å². The standard InChI is InChI=1S/C52H71N5O6/c1-51(2,3)41(32-47(60)53(7)8)49(62)56-28-14-18-43(56)45(58)30-36-20-24-38(25-21-36)34-55(40-16-12-11-13-17-40)35-39-26-22-37(23-27-39)31-46(59)44-19-15-29-57(44)50(63)42(52(4,5)6)33-48(61)54(9)10/h11-13,16-17,20-27,41-44H,14-15,18-19,28-35H2,1-10H3/t41-,42-,43+,44+/m1/s1. The van der Waals surface area contributed by atoms with Crippen LogP contribution in [0.4, 0.5) is 5.69 Å². The van der Waals surface area contributed by atoms with Crippen LogP contribution in [0.15, 0.2) is 78.9 Å². The van der Waals surface area contributed by atoms with E-state index in [1.807, 2.05) is 84.0 Å². The molecule has 0 aromatic heterocycles. The van der Waals surface area contributed by atoms with Crippen LogP contribution in [0.25, 0.3) is 0 Å². The molecule has 4 atom stereocenters. The summed E-state index contributed by atoms with van der Waals surface area (Å²) >= 11 is 0. The Kier molecular flexibility index (Phi) is 16.2. The van der Waals surface area contributed by atoms with Gasteiger partial charge < -0.3 is 24.5 Å². The Morgan fingerprint density at radius 2 is 0.889 bits per heavy atom. The Labute approximate surface area is 376 Å². The van der Waals surface area contributed by atoms with Crippen LogP contribution in [0.1, 0.15) is 102 Å². The minimum absolute atomic E-state index is 0.0211. The first-order chi connectivity index (χ1) is 29.6. The van der Waals surface area contributed by atoms with Crippen LogP contribution in [0.5, 0.6) is 0 Å². The van der Waals surface area contributed by atoms with Gasteiger partial charge in [-0.05, 0) is 70.9 Å². The number of carbonyl (C=O) groups is 6. The molecule has 0 bridgehead atoms. The minimum Gasteiger partial charge on any atom is -0.363 e. The van der Waals surface area contributed by atoms with Crippen molar-refractivity contribution in [1.29, 1.82) is 0 Å². The molecule has 0 N–H and O–H groups in total. The molecule has 63 heavy (non-hydrogen) atoms. The maximum atomic E-state index is 13.9. The fraction of sp³-hybridized carbons (Fsp3) is 0.538. The van der Waals surface area contributed by atoms with Crippen LogP contribution in [0.3, 0.4) is 0 Å². The van der Waals surface area contributed by atoms with E-state index < -0.39 is 34.7 Å². The third-order valence-corrected chi connectivity index (χ3v) is 12.9. The number of para-hydroxylation sites is 1. The Bertz CT molecular complexity index is 1940. The molecule has 11 nitrogen and oxygen atoms in total. The van der Waals surface area contributed by atoms with E-state index in [0.29, 0.717) is 39.0 Å². The van der Waals surface area contributed by atoms with Crippen molar-refractivity contribution >= 4 is 40.9 Å². The molecule has 2 saturated heterocycles. The highest BCUT2D eigenvalue weighted by molar-refractivity contribution is 5.94. The van der Waals surface area contributed by atoms with Crippen LogP contribution in [0, 0.1) is 22.7 Å². The number of Topliss-reactive ketones (excluding diaryl/α,β-unsaturated/α-hetero) is 2. The normalized spacial score (nSPS) is 17.6. The summed E-state index contributed by atoms with van der Waals surface area (Å²) in [6.07, 6.45) is 3.48. The van der Waals surface area contributed by atoms with E-state index in [1.165, 1.54) is 9.80 Å². The Hall–Kier alpha value is -5.32. The van der Waals surface area contributed by atoms with Gasteiger partial charge >= 0.3 is 0 Å². The summed E-state index contributed by atoms with van der Waals surface area (Å²) in [7, 11) is 6.80. The lowest BCUT2D eigenvalue weighted by Gasteiger charge is -2.35. The van der Waals surface area contributed by atoms with Gasteiger partial charge in [-0.2, -0.15) is 0 Å². The Morgan fingerprint density at radius 1 is 0.540 bits per heavy atom. The summed E-state index contributed by atoms with van der Waals surface area (Å²) < 4.78 is 0. The smallest absolute Gasteiger partial charge is 0.227 e. The molecule has 0 spiro atoms. The second kappa shape index (κ2) is 20.9. The van der Waals surface area contributed by atoms with Crippen molar-refractivity contribution < 1.29 is 28.8 Å². The minimum atomic E-state index is -0.512. The largest absolute Gasteiger partial charge is 0.363 e. The monoisotopic (exact) mass is 862 g/mol. The summed E-state index contributed by atoms with van der Waals surface area (Å²) in [5.74, 6) is -1.40. The number of benzene rings is 3. The molecule has 0 radical (unpaired) electrons. The number of hydrogen-bond acceptors (Lipinski definition) is 7. The fourth-order valence-corrected chi connectivity index (χ4v) is 8.85. The zero-order chi connectivity index (χ0) is 46.2. The predicted molar refractivity (Wildman–Crippen MR) is 249 cm³/mol. The number of likely N-dealkylation sites (tertiary alicyclic amines) is 2. The van der Waals surface area contributed by atoms with E-state index >= 15 is 0 Å². The van der Waals surface area contributed by atoms with Crippen molar-refractivity contribution in [2.24, 2.45) is 22.7 Å². The summed E-state index contributed by atoms with van der Waals surface area (Å²) in [6, 6.07) is 25.5. The van der Waals surface area contributed by atoms with Gasteiger partial charge in [0.2, 0.25) is 23.6 Å². The number of rotatable bonds is 17. The number of ketones is 2. The summed E-state index contributed by atoms with van der Waals surface area (Å²) in [4.78, 5) is 89.5. The van der Waals surface area contributed by atoms with Crippen molar-refractivity contribution in [2.75, 3.05) is 46.2 Å². The highest BCUT2D eigenvalue weighted by Gasteiger charge is 2.43. The van der Waals surface area contributed by atoms with Gasteiger partial charge in [-0.1, -0.05) is 108 Å². The van der Waals surface area contributed by atoms with Crippen LogP contribution in [-0.4, -0.2) is 108 Å². The van der Waals surface area contributed by atoms with Gasteiger partial charge in [0.25, 0.3) is 0 Å². The van der Waals surface area contributed by atoms with E-state index in [-0.39, 0.29) is 60.9 Å². The Morgan fingerprint density at radius 3 is 1.22 bits per heavy atom. The lowest BCUT2D eigenvalue weighted by atomic mass is 9.77. The summed E-state index contributed by atoms with van der Waals surface area (Å²) in [5.41, 5.74) is 4.17. The molecule has 3 aromatic carbocycles. The van der Waals surface area contributed by atoms with Crippen LogP contribution in [-0.2, 0) is 54.7 Å². The van der Waals surface area contributed by atoms with Gasteiger partial charge in [-0.25, -0.2) is 0 Å². The molecule has 3 aromatic rings. The first-order valence-corrected chi connectivity index (χ1v) is 22.7. The van der Waals surface area contributed by atoms with E-state index in [4.69, 9.17) is 0 Å². The maximum absolute atomic E-state index is 13.9. The van der Waals surface area contributed by atoms with Gasteiger partial charge in [0.1, 0.15) is 0 Å². The van der Waals surface area contributed by atoms with Gasteiger partial charge in [0.15, 0.2) is 11.6 Å². The van der Waals surface area contributed by atoms with Crippen molar-refractivity contribution in [3.8, 4) is 0 Å². The third kappa shape index (κ3) is 12.9. The molecule has 0 saturated carbocycles. The summed E-state index contributed by atoms with van der Waals surface area (Å²) in [6.45, 7) is 14.2. The summed E-state index contributed by atoms with van der Waals surface area (Å²) in [5, 5.41) is 0. The number of amides is 4. The highest BCUT2D eigenvalue weighted by Crippen LogP contribution is 2.35. The van der Waals surface area contributed by atoms with Crippen LogP contribution >= 0.6 is 0 Å². The maximum Gasteiger partial charge on any atom is 0.227 e. The highest BCUT2D eigenvalue weighted by atomic mass is 16.2. The van der Waals surface area contributed by atoms with Crippen molar-refractivity contribution in [3.63, 3.8) is 0 Å². The van der Waals surface area contributed by atoms with Crippen LogP contribution < -0.4 is 4.90 Å². The average Bonchev–Trinajstić information content (AvgIpc) is 3.93. The van der Waals surface area contributed by atoms with Gasteiger partial charge in [-0.3, -0.25) is 28.8 Å². The molecule has 0 aliphatic carbocycles. The molecule has 11 heteroatoms. The van der Waals surface area contributed by atoms with E-state index in [9.17, 15) is 28.8 Å². The molecule has 0 unspecified atom stereocenters. The second-order valence-corrected chi connectivity index (χ2v) is 20.3.